The first-order valence-corrected chi connectivity index (χ1v) is 24.8. The topological polar surface area (TPSA) is 19.6 Å². The van der Waals surface area contributed by atoms with E-state index in [-0.39, 0.29) is 0 Å². The van der Waals surface area contributed by atoms with E-state index in [0.29, 0.717) is 0 Å². The molecule has 3 heterocycles. The maximum Gasteiger partial charge on any atom is 0.159 e. The van der Waals surface area contributed by atoms with Crippen LogP contribution in [0.25, 0.3) is 74.5 Å². The van der Waals surface area contributed by atoms with E-state index in [1.165, 1.54) is 79.8 Å². The van der Waals surface area contributed by atoms with E-state index >= 15 is 0 Å². The molecule has 0 amide bonds. The predicted molar refractivity (Wildman–Crippen MR) is 288 cm³/mol. The fourth-order valence-electron chi connectivity index (χ4n) is 11.7. The van der Waals surface area contributed by atoms with Crippen LogP contribution in [-0.2, 0) is 5.41 Å². The lowest BCUT2D eigenvalue weighted by Gasteiger charge is -2.32. The van der Waals surface area contributed by atoms with Crippen LogP contribution >= 0.6 is 22.7 Å². The van der Waals surface area contributed by atoms with Crippen molar-refractivity contribution >= 4 is 109 Å². The number of para-hydroxylation sites is 4. The van der Waals surface area contributed by atoms with Crippen LogP contribution in [0.2, 0.25) is 0 Å². The van der Waals surface area contributed by atoms with Crippen LogP contribution in [0.3, 0.4) is 0 Å². The molecule has 0 radical (unpaired) electrons. The van der Waals surface area contributed by atoms with Crippen LogP contribution in [0.5, 0.6) is 0 Å². The molecule has 5 heteroatoms. The van der Waals surface area contributed by atoms with Crippen LogP contribution in [0.1, 0.15) is 21.6 Å². The Labute approximate surface area is 400 Å². The highest BCUT2D eigenvalue weighted by Crippen LogP contribution is 2.67. The van der Waals surface area contributed by atoms with Gasteiger partial charge in [-0.2, -0.15) is 0 Å². The Morgan fingerprint density at radius 3 is 1.66 bits per heavy atom. The molecule has 1 unspecified atom stereocenters. The lowest BCUT2D eigenvalue weighted by molar-refractivity contribution is 0.669. The molecule has 0 saturated heterocycles. The van der Waals surface area contributed by atoms with Crippen molar-refractivity contribution in [3.8, 4) is 22.3 Å². The SMILES string of the molecule is c1ccc(N(c2ccc3c(c2)C2(c4ccccc4-c4ccc(N(c5ccccc5)c5cccc6c5sc5ccccc56)cc42)c2sc4ccccc4c2-3)c2cccc3c2oc2ccccc23)cc1. The van der Waals surface area contributed by atoms with Gasteiger partial charge in [0.1, 0.15) is 5.58 Å². The summed E-state index contributed by atoms with van der Waals surface area (Å²) in [4.78, 5) is 6.25. The van der Waals surface area contributed by atoms with Crippen molar-refractivity contribution in [3.63, 3.8) is 0 Å². The molecule has 15 rings (SSSR count). The Balaban J connectivity index is 1.02. The summed E-state index contributed by atoms with van der Waals surface area (Å²) in [5.41, 5.74) is 16.8. The van der Waals surface area contributed by atoms with Crippen molar-refractivity contribution < 1.29 is 4.42 Å². The van der Waals surface area contributed by atoms with Crippen molar-refractivity contribution in [1.29, 1.82) is 0 Å². The van der Waals surface area contributed by atoms with Gasteiger partial charge in [-0.1, -0.05) is 152 Å². The predicted octanol–water partition coefficient (Wildman–Crippen LogP) is 18.5. The van der Waals surface area contributed by atoms with Crippen molar-refractivity contribution in [3.05, 3.63) is 252 Å². The molecule has 0 fully saturated rings. The first-order valence-electron chi connectivity index (χ1n) is 23.2. The van der Waals surface area contributed by atoms with Crippen LogP contribution in [0.4, 0.5) is 34.1 Å². The average Bonchev–Trinajstić information content (AvgIpc) is 4.20. The lowest BCUT2D eigenvalue weighted by atomic mass is 9.73. The largest absolute Gasteiger partial charge is 0.454 e. The molecule has 0 aliphatic heterocycles. The van der Waals surface area contributed by atoms with Crippen molar-refractivity contribution in [2.75, 3.05) is 9.80 Å². The van der Waals surface area contributed by atoms with Crippen LogP contribution in [-0.4, -0.2) is 0 Å². The molecule has 318 valence electrons. The fraction of sp³-hybridized carbons (Fsp3) is 0.0159. The van der Waals surface area contributed by atoms with Gasteiger partial charge < -0.3 is 14.2 Å². The molecule has 3 aromatic heterocycles. The van der Waals surface area contributed by atoms with Gasteiger partial charge in [-0.25, -0.2) is 0 Å². The number of anilines is 6. The molecule has 13 aromatic rings. The standard InChI is InChI=1S/C63H38N2OS2/c1-3-17-39(18-4-1)64(54-28-15-25-47-45-22-8-12-30-56(45)66-60(47)54)41-34-36-49-53(38-41)63(62-59(49)50-24-10-14-32-58(50)68-62)51-27-11-7-21-43(51)44-35-33-42(37-52(44)63)65(40-19-5-2-6-20-40)55-29-16-26-48-46-23-9-13-31-57(46)67-61(48)55/h1-38H. The maximum atomic E-state index is 6.78. The molecule has 1 atom stereocenters. The zero-order valence-electron chi connectivity index (χ0n) is 36.6. The second-order valence-corrected chi connectivity index (χ2v) is 20.0. The van der Waals surface area contributed by atoms with E-state index in [1.807, 2.05) is 28.7 Å². The second-order valence-electron chi connectivity index (χ2n) is 17.9. The van der Waals surface area contributed by atoms with Gasteiger partial charge in [0.05, 0.1) is 21.5 Å². The molecule has 3 nitrogen and oxygen atoms in total. The van der Waals surface area contributed by atoms with Crippen LogP contribution < -0.4 is 9.80 Å². The lowest BCUT2D eigenvalue weighted by Crippen LogP contribution is -2.25. The van der Waals surface area contributed by atoms with Gasteiger partial charge in [0.25, 0.3) is 0 Å². The molecule has 2 aliphatic rings. The highest BCUT2D eigenvalue weighted by Gasteiger charge is 2.54. The maximum absolute atomic E-state index is 6.78. The minimum absolute atomic E-state index is 0.605. The Morgan fingerprint density at radius 1 is 0.353 bits per heavy atom. The third kappa shape index (κ3) is 5.17. The summed E-state index contributed by atoms with van der Waals surface area (Å²) in [7, 11) is 0. The highest BCUT2D eigenvalue weighted by atomic mass is 32.1. The molecule has 0 saturated carbocycles. The molecule has 0 N–H and O–H groups in total. The van der Waals surface area contributed by atoms with E-state index in [4.69, 9.17) is 4.42 Å². The summed E-state index contributed by atoms with van der Waals surface area (Å²) >= 11 is 3.82. The summed E-state index contributed by atoms with van der Waals surface area (Å²) in [5.74, 6) is 0. The Bertz CT molecular complexity index is 4180. The van der Waals surface area contributed by atoms with Crippen LogP contribution in [0, 0.1) is 0 Å². The number of thiophene rings is 2. The second kappa shape index (κ2) is 14.4. The van der Waals surface area contributed by atoms with Gasteiger partial charge >= 0.3 is 0 Å². The highest BCUT2D eigenvalue weighted by molar-refractivity contribution is 7.26. The minimum Gasteiger partial charge on any atom is -0.454 e. The molecular weight excluding hydrogens is 865 g/mol. The van der Waals surface area contributed by atoms with Gasteiger partial charge in [-0.15, -0.1) is 22.7 Å². The number of benzene rings is 10. The number of rotatable bonds is 6. The number of furan rings is 1. The molecule has 2 aliphatic carbocycles. The minimum atomic E-state index is -0.605. The number of nitrogens with zero attached hydrogens (tertiary/aromatic N) is 2. The molecule has 68 heavy (non-hydrogen) atoms. The Kier molecular flexibility index (Phi) is 8.03. The van der Waals surface area contributed by atoms with Gasteiger partial charge in [-0.05, 0) is 112 Å². The van der Waals surface area contributed by atoms with Crippen LogP contribution in [0.15, 0.2) is 235 Å². The summed E-state index contributed by atoms with van der Waals surface area (Å²) in [6.45, 7) is 0. The summed E-state index contributed by atoms with van der Waals surface area (Å²) in [5, 5.41) is 6.09. The normalized spacial score (nSPS) is 14.5. The van der Waals surface area contributed by atoms with Crippen molar-refractivity contribution in [2.24, 2.45) is 0 Å². The van der Waals surface area contributed by atoms with Gasteiger partial charge in [0.2, 0.25) is 0 Å². The molecular formula is C63H38N2OS2. The van der Waals surface area contributed by atoms with Crippen molar-refractivity contribution in [1.82, 2.24) is 0 Å². The number of hydrogen-bond donors (Lipinski definition) is 0. The van der Waals surface area contributed by atoms with Gasteiger partial charge in [-0.3, -0.25) is 0 Å². The first kappa shape index (κ1) is 37.9. The van der Waals surface area contributed by atoms with E-state index in [0.717, 1.165) is 50.4 Å². The zero-order chi connectivity index (χ0) is 44.5. The fourth-order valence-corrected chi connectivity index (χ4v) is 14.3. The molecule has 1 spiro atoms. The monoisotopic (exact) mass is 902 g/mol. The third-order valence-corrected chi connectivity index (χ3v) is 16.9. The van der Waals surface area contributed by atoms with Crippen molar-refractivity contribution in [2.45, 2.75) is 5.41 Å². The zero-order valence-corrected chi connectivity index (χ0v) is 38.2. The average molecular weight is 903 g/mol. The summed E-state index contributed by atoms with van der Waals surface area (Å²) in [6.07, 6.45) is 0. The van der Waals surface area contributed by atoms with E-state index in [2.05, 4.69) is 234 Å². The van der Waals surface area contributed by atoms with Gasteiger partial charge in [0, 0.05) is 69.5 Å². The summed E-state index contributed by atoms with van der Waals surface area (Å²) < 4.78 is 10.7. The molecule has 10 aromatic carbocycles. The summed E-state index contributed by atoms with van der Waals surface area (Å²) in [6, 6.07) is 84.8. The quantitative estimate of drug-likeness (QED) is 0.166. The van der Waals surface area contributed by atoms with E-state index in [1.54, 1.807) is 0 Å². The Hall–Kier alpha value is -8.22. The number of fused-ring (bicyclic) bond motifs is 18. The van der Waals surface area contributed by atoms with E-state index in [9.17, 15) is 0 Å². The number of hydrogen-bond acceptors (Lipinski definition) is 5. The van der Waals surface area contributed by atoms with E-state index < -0.39 is 5.41 Å². The smallest absolute Gasteiger partial charge is 0.159 e. The van der Waals surface area contributed by atoms with Gasteiger partial charge in [0.15, 0.2) is 5.58 Å². The third-order valence-electron chi connectivity index (χ3n) is 14.4. The first-order chi connectivity index (χ1) is 33.7. The Morgan fingerprint density at radius 2 is 0.897 bits per heavy atom. The molecule has 0 bridgehead atoms.